The van der Waals surface area contributed by atoms with E-state index in [1.165, 1.54) is 0 Å². The highest BCUT2D eigenvalue weighted by Gasteiger charge is 2.30. The van der Waals surface area contributed by atoms with Crippen LogP contribution in [0.4, 0.5) is 0 Å². The number of aliphatic hydroxyl groups is 1. The molecule has 6 nitrogen and oxygen atoms in total. The summed E-state index contributed by atoms with van der Waals surface area (Å²) in [6.45, 7) is 7.09. The molecule has 7 heteroatoms. The van der Waals surface area contributed by atoms with Crippen LogP contribution in [0.15, 0.2) is 30.3 Å². The number of hydrogen-bond donors (Lipinski definition) is 2. The largest absolute Gasteiger partial charge is 0.491 e. The Labute approximate surface area is 168 Å². The highest BCUT2D eigenvalue weighted by atomic mass is 35.5. The van der Waals surface area contributed by atoms with Crippen LogP contribution in [0, 0.1) is 5.92 Å². The molecule has 2 fully saturated rings. The third-order valence-electron chi connectivity index (χ3n) is 5.31. The van der Waals surface area contributed by atoms with Gasteiger partial charge in [-0.05, 0) is 38.4 Å². The van der Waals surface area contributed by atoms with Gasteiger partial charge in [0.1, 0.15) is 18.5 Å². The Kier molecular flexibility index (Phi) is 8.83. The zero-order valence-corrected chi connectivity index (χ0v) is 16.9. The average molecular weight is 398 g/mol. The molecule has 1 amide bonds. The monoisotopic (exact) mass is 397 g/mol. The molecule has 0 saturated carbocycles. The molecule has 2 aliphatic heterocycles. The van der Waals surface area contributed by atoms with Gasteiger partial charge in [-0.25, -0.2) is 0 Å². The van der Waals surface area contributed by atoms with Gasteiger partial charge < -0.3 is 20.1 Å². The Morgan fingerprint density at radius 1 is 1.26 bits per heavy atom. The van der Waals surface area contributed by atoms with Crippen molar-refractivity contribution in [2.75, 3.05) is 45.9 Å². The molecule has 2 aliphatic rings. The summed E-state index contributed by atoms with van der Waals surface area (Å²) in [5.74, 6) is 1.26. The number of carbonyl (C=O) groups excluding carboxylic acids is 1. The van der Waals surface area contributed by atoms with Crippen LogP contribution in [0.1, 0.15) is 19.8 Å². The van der Waals surface area contributed by atoms with Gasteiger partial charge in [-0.1, -0.05) is 18.2 Å². The van der Waals surface area contributed by atoms with Crippen molar-refractivity contribution in [1.82, 2.24) is 15.1 Å². The third-order valence-corrected chi connectivity index (χ3v) is 5.31. The molecular formula is C20H32ClN3O3. The molecule has 2 heterocycles. The Morgan fingerprint density at radius 3 is 2.63 bits per heavy atom. The number of aliphatic hydroxyl groups excluding tert-OH is 1. The van der Waals surface area contributed by atoms with Gasteiger partial charge in [0.25, 0.3) is 0 Å². The summed E-state index contributed by atoms with van der Waals surface area (Å²) in [6.07, 6.45) is 1.36. The number of halogens is 1. The minimum absolute atomic E-state index is 0. The van der Waals surface area contributed by atoms with Gasteiger partial charge in [0, 0.05) is 44.7 Å². The van der Waals surface area contributed by atoms with Crippen LogP contribution in [-0.4, -0.2) is 78.8 Å². The molecule has 152 valence electrons. The molecule has 2 saturated heterocycles. The lowest BCUT2D eigenvalue weighted by molar-refractivity contribution is -0.138. The first-order valence-corrected chi connectivity index (χ1v) is 9.72. The van der Waals surface area contributed by atoms with E-state index in [9.17, 15) is 9.90 Å². The third kappa shape index (κ3) is 6.64. The van der Waals surface area contributed by atoms with Crippen LogP contribution in [0.2, 0.25) is 0 Å². The molecule has 0 aliphatic carbocycles. The smallest absolute Gasteiger partial charge is 0.225 e. The highest BCUT2D eigenvalue weighted by Crippen LogP contribution is 2.20. The SMILES string of the molecule is C[C@H]1C[C@@H](C(=O)N2CCN(CC(O)COc3ccccc3)CC2)CCN1.Cl. The van der Waals surface area contributed by atoms with E-state index in [1.807, 2.05) is 35.2 Å². The maximum Gasteiger partial charge on any atom is 0.225 e. The number of carbonyl (C=O) groups is 1. The van der Waals surface area contributed by atoms with E-state index < -0.39 is 6.10 Å². The van der Waals surface area contributed by atoms with Crippen LogP contribution < -0.4 is 10.1 Å². The van der Waals surface area contributed by atoms with E-state index in [0.29, 0.717) is 18.5 Å². The van der Waals surface area contributed by atoms with Crippen molar-refractivity contribution in [3.05, 3.63) is 30.3 Å². The molecule has 3 atom stereocenters. The van der Waals surface area contributed by atoms with E-state index in [0.717, 1.165) is 51.3 Å². The fourth-order valence-electron chi connectivity index (χ4n) is 3.83. The normalized spacial score (nSPS) is 24.7. The molecule has 1 unspecified atom stereocenters. The van der Waals surface area contributed by atoms with Crippen molar-refractivity contribution in [1.29, 1.82) is 0 Å². The zero-order chi connectivity index (χ0) is 18.4. The van der Waals surface area contributed by atoms with Crippen LogP contribution in [0.3, 0.4) is 0 Å². The Balaban J connectivity index is 0.00000261. The maximum atomic E-state index is 12.7. The van der Waals surface area contributed by atoms with Crippen molar-refractivity contribution in [3.8, 4) is 5.75 Å². The molecule has 1 aromatic rings. The number of ether oxygens (including phenoxy) is 1. The second kappa shape index (κ2) is 10.9. The molecule has 3 rings (SSSR count). The number of piperazine rings is 1. The number of piperidine rings is 1. The fourth-order valence-corrected chi connectivity index (χ4v) is 3.83. The van der Waals surface area contributed by atoms with E-state index in [2.05, 4.69) is 17.1 Å². The average Bonchev–Trinajstić information content (AvgIpc) is 2.67. The number of para-hydroxylation sites is 1. The second-order valence-electron chi connectivity index (χ2n) is 7.48. The predicted octanol–water partition coefficient (Wildman–Crippen LogP) is 1.38. The van der Waals surface area contributed by atoms with Crippen molar-refractivity contribution in [2.24, 2.45) is 5.92 Å². The van der Waals surface area contributed by atoms with Crippen molar-refractivity contribution < 1.29 is 14.6 Å². The minimum atomic E-state index is -0.525. The quantitative estimate of drug-likeness (QED) is 0.759. The van der Waals surface area contributed by atoms with Gasteiger partial charge in [0.15, 0.2) is 0 Å². The Bertz CT molecular complexity index is 567. The summed E-state index contributed by atoms with van der Waals surface area (Å²) in [7, 11) is 0. The first kappa shape index (κ1) is 22.0. The van der Waals surface area contributed by atoms with Gasteiger partial charge in [0.05, 0.1) is 0 Å². The molecule has 0 aromatic heterocycles. The van der Waals surface area contributed by atoms with Gasteiger partial charge in [-0.2, -0.15) is 0 Å². The second-order valence-corrected chi connectivity index (χ2v) is 7.48. The van der Waals surface area contributed by atoms with E-state index >= 15 is 0 Å². The molecule has 1 aromatic carbocycles. The fraction of sp³-hybridized carbons (Fsp3) is 0.650. The summed E-state index contributed by atoms with van der Waals surface area (Å²) in [5.41, 5.74) is 0. The lowest BCUT2D eigenvalue weighted by atomic mass is 9.92. The summed E-state index contributed by atoms with van der Waals surface area (Å²) >= 11 is 0. The highest BCUT2D eigenvalue weighted by molar-refractivity contribution is 5.85. The number of amides is 1. The summed E-state index contributed by atoms with van der Waals surface area (Å²) in [4.78, 5) is 16.9. The number of β-amino-alcohol motifs (C(OH)–C–C–N with tert-alkyl or cyclic N) is 1. The number of benzene rings is 1. The predicted molar refractivity (Wildman–Crippen MR) is 108 cm³/mol. The van der Waals surface area contributed by atoms with E-state index in [1.54, 1.807) is 0 Å². The number of hydrogen-bond acceptors (Lipinski definition) is 5. The molecular weight excluding hydrogens is 366 g/mol. The lowest BCUT2D eigenvalue weighted by Gasteiger charge is -2.38. The van der Waals surface area contributed by atoms with Crippen molar-refractivity contribution in [3.63, 3.8) is 0 Å². The van der Waals surface area contributed by atoms with E-state index in [4.69, 9.17) is 4.74 Å². The summed E-state index contributed by atoms with van der Waals surface area (Å²) in [5, 5.41) is 13.6. The van der Waals surface area contributed by atoms with Gasteiger partial charge >= 0.3 is 0 Å². The number of rotatable bonds is 6. The van der Waals surface area contributed by atoms with Crippen LogP contribution in [-0.2, 0) is 4.79 Å². The number of nitrogens with zero attached hydrogens (tertiary/aromatic N) is 2. The summed E-state index contributed by atoms with van der Waals surface area (Å²) in [6, 6.07) is 9.98. The molecule has 2 N–H and O–H groups in total. The van der Waals surface area contributed by atoms with Crippen LogP contribution in [0.25, 0.3) is 0 Å². The maximum absolute atomic E-state index is 12.7. The van der Waals surface area contributed by atoms with Gasteiger partial charge in [0.2, 0.25) is 5.91 Å². The standard InChI is InChI=1S/C20H31N3O3.ClH/c1-16-13-17(7-8-21-16)20(25)23-11-9-22(10-12-23)14-18(24)15-26-19-5-3-2-4-6-19;/h2-6,16-18,21,24H,7-15H2,1H3;1H/t16-,17-,18?;/m0./s1. The van der Waals surface area contributed by atoms with Crippen LogP contribution in [0.5, 0.6) is 5.75 Å². The lowest BCUT2D eigenvalue weighted by Crippen LogP contribution is -2.53. The Hall–Kier alpha value is -1.34. The number of nitrogens with one attached hydrogen (secondary N) is 1. The zero-order valence-electron chi connectivity index (χ0n) is 16.0. The van der Waals surface area contributed by atoms with Gasteiger partial charge in [-0.3, -0.25) is 9.69 Å². The molecule has 0 spiro atoms. The first-order chi connectivity index (χ1) is 12.6. The molecule has 27 heavy (non-hydrogen) atoms. The molecule has 0 radical (unpaired) electrons. The first-order valence-electron chi connectivity index (χ1n) is 9.72. The van der Waals surface area contributed by atoms with Crippen molar-refractivity contribution >= 4 is 18.3 Å². The van der Waals surface area contributed by atoms with E-state index in [-0.39, 0.29) is 24.9 Å². The summed E-state index contributed by atoms with van der Waals surface area (Å²) < 4.78 is 5.61. The topological polar surface area (TPSA) is 65.0 Å². The van der Waals surface area contributed by atoms with Gasteiger partial charge in [-0.15, -0.1) is 12.4 Å². The van der Waals surface area contributed by atoms with Crippen molar-refractivity contribution in [2.45, 2.75) is 31.9 Å². The minimum Gasteiger partial charge on any atom is -0.491 e. The van der Waals surface area contributed by atoms with Crippen LogP contribution >= 0.6 is 12.4 Å². The Morgan fingerprint density at radius 2 is 1.96 bits per heavy atom. The molecule has 0 bridgehead atoms.